The van der Waals surface area contributed by atoms with Crippen molar-refractivity contribution in [3.8, 4) is 0 Å². The number of para-hydroxylation sites is 1. The second kappa shape index (κ2) is 7.28. The molecule has 0 spiro atoms. The Labute approximate surface area is 139 Å². The summed E-state index contributed by atoms with van der Waals surface area (Å²) in [7, 11) is 0. The van der Waals surface area contributed by atoms with Crippen molar-refractivity contribution in [2.45, 2.75) is 6.54 Å². The third kappa shape index (κ3) is 3.89. The van der Waals surface area contributed by atoms with Crippen LogP contribution in [0.25, 0.3) is 0 Å². The molecule has 0 bridgehead atoms. The summed E-state index contributed by atoms with van der Waals surface area (Å²) in [6.07, 6.45) is 1.55. The fourth-order valence-electron chi connectivity index (χ4n) is 2.21. The van der Waals surface area contributed by atoms with Gasteiger partial charge >= 0.3 is 0 Å². The van der Waals surface area contributed by atoms with Crippen LogP contribution >= 0.6 is 0 Å². The molecule has 0 saturated carbocycles. The van der Waals surface area contributed by atoms with E-state index in [9.17, 15) is 9.59 Å². The van der Waals surface area contributed by atoms with Crippen molar-refractivity contribution in [2.75, 3.05) is 5.32 Å². The van der Waals surface area contributed by atoms with Crippen LogP contribution in [0.1, 0.15) is 26.5 Å². The Balaban J connectivity index is 1.66. The monoisotopic (exact) mass is 320 g/mol. The predicted molar refractivity (Wildman–Crippen MR) is 90.7 cm³/mol. The Morgan fingerprint density at radius 3 is 2.29 bits per heavy atom. The molecule has 0 aliphatic carbocycles. The van der Waals surface area contributed by atoms with Gasteiger partial charge in [-0.15, -0.1) is 0 Å². The third-order valence-corrected chi connectivity index (χ3v) is 3.42. The number of rotatable bonds is 5. The zero-order chi connectivity index (χ0) is 16.8. The maximum absolute atomic E-state index is 12.3. The average molecular weight is 320 g/mol. The smallest absolute Gasteiger partial charge is 0.255 e. The molecule has 120 valence electrons. The van der Waals surface area contributed by atoms with E-state index >= 15 is 0 Å². The largest absolute Gasteiger partial charge is 0.467 e. The van der Waals surface area contributed by atoms with Crippen LogP contribution in [0.5, 0.6) is 0 Å². The van der Waals surface area contributed by atoms with Crippen molar-refractivity contribution in [1.29, 1.82) is 0 Å². The first-order valence-electron chi connectivity index (χ1n) is 7.49. The average Bonchev–Trinajstić information content (AvgIpc) is 3.14. The van der Waals surface area contributed by atoms with E-state index in [0.717, 1.165) is 0 Å². The van der Waals surface area contributed by atoms with E-state index in [1.165, 1.54) is 0 Å². The van der Waals surface area contributed by atoms with Gasteiger partial charge in [-0.3, -0.25) is 9.59 Å². The molecule has 0 aliphatic heterocycles. The van der Waals surface area contributed by atoms with E-state index in [-0.39, 0.29) is 11.8 Å². The second-order valence-electron chi connectivity index (χ2n) is 5.16. The number of amides is 2. The number of hydrogen-bond acceptors (Lipinski definition) is 3. The number of hydrogen-bond donors (Lipinski definition) is 2. The molecule has 5 heteroatoms. The number of carbonyl (C=O) groups excluding carboxylic acids is 2. The third-order valence-electron chi connectivity index (χ3n) is 3.42. The van der Waals surface area contributed by atoms with Gasteiger partial charge in [0.25, 0.3) is 11.8 Å². The molecule has 2 aromatic carbocycles. The van der Waals surface area contributed by atoms with Gasteiger partial charge in [-0.25, -0.2) is 0 Å². The van der Waals surface area contributed by atoms with Crippen LogP contribution in [0.4, 0.5) is 5.69 Å². The molecule has 2 amide bonds. The number of benzene rings is 2. The van der Waals surface area contributed by atoms with E-state index in [4.69, 9.17) is 4.42 Å². The van der Waals surface area contributed by atoms with Gasteiger partial charge in [0.1, 0.15) is 5.76 Å². The van der Waals surface area contributed by atoms with Gasteiger partial charge in [-0.1, -0.05) is 24.3 Å². The molecule has 2 N–H and O–H groups in total. The first-order chi connectivity index (χ1) is 11.7. The fraction of sp³-hybridized carbons (Fsp3) is 0.0526. The summed E-state index contributed by atoms with van der Waals surface area (Å²) < 4.78 is 5.17. The Morgan fingerprint density at radius 1 is 0.833 bits per heavy atom. The van der Waals surface area contributed by atoms with Crippen molar-refractivity contribution in [3.63, 3.8) is 0 Å². The maximum Gasteiger partial charge on any atom is 0.255 e. The number of nitrogens with one attached hydrogen (secondary N) is 2. The molecule has 0 fully saturated rings. The molecule has 0 radical (unpaired) electrons. The molecule has 5 nitrogen and oxygen atoms in total. The quantitative estimate of drug-likeness (QED) is 0.756. The lowest BCUT2D eigenvalue weighted by molar-refractivity contribution is 0.0948. The van der Waals surface area contributed by atoms with Crippen molar-refractivity contribution in [2.24, 2.45) is 0 Å². The van der Waals surface area contributed by atoms with Gasteiger partial charge < -0.3 is 15.1 Å². The Morgan fingerprint density at radius 2 is 1.58 bits per heavy atom. The summed E-state index contributed by atoms with van der Waals surface area (Å²) >= 11 is 0. The highest BCUT2D eigenvalue weighted by atomic mass is 16.3. The molecule has 1 heterocycles. The van der Waals surface area contributed by atoms with E-state index in [2.05, 4.69) is 10.6 Å². The maximum atomic E-state index is 12.3. The second-order valence-corrected chi connectivity index (χ2v) is 5.16. The summed E-state index contributed by atoms with van der Waals surface area (Å²) in [5.74, 6) is 0.143. The first-order valence-corrected chi connectivity index (χ1v) is 7.49. The fourth-order valence-corrected chi connectivity index (χ4v) is 2.21. The molecule has 24 heavy (non-hydrogen) atoms. The minimum absolute atomic E-state index is 0.262. The minimum Gasteiger partial charge on any atom is -0.467 e. The normalized spacial score (nSPS) is 10.2. The highest BCUT2D eigenvalue weighted by Crippen LogP contribution is 2.11. The standard InChI is InChI=1S/C19H16N2O3/c22-18(20-13-17-10-5-11-24-17)14-6-4-7-15(12-14)19(23)21-16-8-2-1-3-9-16/h1-12H,13H2,(H,20,22)(H,21,23). The van der Waals surface area contributed by atoms with Gasteiger partial charge in [0.2, 0.25) is 0 Å². The summed E-state index contributed by atoms with van der Waals surface area (Å²) in [4.78, 5) is 24.5. The number of furan rings is 1. The van der Waals surface area contributed by atoms with Crippen molar-refractivity contribution < 1.29 is 14.0 Å². The minimum atomic E-state index is -0.263. The molecule has 0 saturated heterocycles. The van der Waals surface area contributed by atoms with Crippen molar-refractivity contribution in [1.82, 2.24) is 5.32 Å². The summed E-state index contributed by atoms with van der Waals surface area (Å²) in [5, 5.41) is 5.55. The van der Waals surface area contributed by atoms with Crippen LogP contribution in [0.2, 0.25) is 0 Å². The SMILES string of the molecule is O=C(NCc1ccco1)c1cccc(C(=O)Nc2ccccc2)c1. The van der Waals surface area contributed by atoms with Gasteiger partial charge in [0.05, 0.1) is 12.8 Å². The Bertz CT molecular complexity index is 827. The summed E-state index contributed by atoms with van der Waals surface area (Å²) in [6, 6.07) is 19.3. The molecule has 1 aromatic heterocycles. The lowest BCUT2D eigenvalue weighted by atomic mass is 10.1. The highest BCUT2D eigenvalue weighted by molar-refractivity contribution is 6.06. The van der Waals surface area contributed by atoms with E-state index < -0.39 is 0 Å². The molecule has 0 atom stereocenters. The zero-order valence-electron chi connectivity index (χ0n) is 12.9. The van der Waals surface area contributed by atoms with E-state index in [1.54, 1.807) is 54.8 Å². The predicted octanol–water partition coefficient (Wildman–Crippen LogP) is 3.46. The van der Waals surface area contributed by atoms with Gasteiger partial charge in [-0.05, 0) is 42.5 Å². The highest BCUT2D eigenvalue weighted by Gasteiger charge is 2.11. The lowest BCUT2D eigenvalue weighted by Crippen LogP contribution is -2.23. The molecule has 3 aromatic rings. The van der Waals surface area contributed by atoms with E-state index in [0.29, 0.717) is 29.1 Å². The van der Waals surface area contributed by atoms with Gasteiger partial charge in [0.15, 0.2) is 0 Å². The number of carbonyl (C=O) groups is 2. The lowest BCUT2D eigenvalue weighted by Gasteiger charge is -2.07. The molecule has 3 rings (SSSR count). The Hall–Kier alpha value is -3.34. The molecule has 0 unspecified atom stereocenters. The van der Waals surface area contributed by atoms with Crippen LogP contribution in [0.15, 0.2) is 77.4 Å². The van der Waals surface area contributed by atoms with Crippen LogP contribution in [0, 0.1) is 0 Å². The van der Waals surface area contributed by atoms with Crippen LogP contribution in [0.3, 0.4) is 0 Å². The van der Waals surface area contributed by atoms with E-state index in [1.807, 2.05) is 18.2 Å². The molecule has 0 aliphatic rings. The van der Waals surface area contributed by atoms with Gasteiger partial charge in [0, 0.05) is 16.8 Å². The van der Waals surface area contributed by atoms with Crippen LogP contribution < -0.4 is 10.6 Å². The molecular weight excluding hydrogens is 304 g/mol. The Kier molecular flexibility index (Phi) is 4.72. The summed E-state index contributed by atoms with van der Waals surface area (Å²) in [6.45, 7) is 0.298. The van der Waals surface area contributed by atoms with Gasteiger partial charge in [-0.2, -0.15) is 0 Å². The van der Waals surface area contributed by atoms with Crippen LogP contribution in [-0.2, 0) is 6.54 Å². The van der Waals surface area contributed by atoms with Crippen LogP contribution in [-0.4, -0.2) is 11.8 Å². The van der Waals surface area contributed by atoms with Crippen molar-refractivity contribution >= 4 is 17.5 Å². The van der Waals surface area contributed by atoms with Crippen molar-refractivity contribution in [3.05, 3.63) is 89.9 Å². The first kappa shape index (κ1) is 15.6. The summed E-state index contributed by atoms with van der Waals surface area (Å²) in [5.41, 5.74) is 1.54. The topological polar surface area (TPSA) is 71.3 Å². The number of anilines is 1. The molecular formula is C19H16N2O3. The zero-order valence-corrected chi connectivity index (χ0v) is 12.9.